The molecule has 3 amide bonds. The second kappa shape index (κ2) is 14.9. The second-order valence-corrected chi connectivity index (χ2v) is 11.4. The Bertz CT molecular complexity index is 1080. The second-order valence-electron chi connectivity index (χ2n) is 11.4. The standard InChI is InChI=1S/C30H44N4O8/c1-20(31-26(35)18-34-12-15-40-16-13-34)28(37)32-24(11-8-21-6-9-22(39-3)10-7-21)29(38)33-25(17-23-5-4-14-41-23)27(36)30(2)19-42-30/h6-7,9-10,20,23-25H,4-5,8,11-19H2,1-3H3,(H,31,35)(H,32,37)(H,33,38)/t20-,23+,24-,25-,30+/m0/s1. The summed E-state index contributed by atoms with van der Waals surface area (Å²) in [7, 11) is 1.59. The number of nitrogens with zero attached hydrogens (tertiary/aromatic N) is 1. The first-order valence-corrected chi connectivity index (χ1v) is 14.8. The zero-order valence-electron chi connectivity index (χ0n) is 24.8. The van der Waals surface area contributed by atoms with Crippen LogP contribution in [0.1, 0.15) is 45.1 Å². The molecule has 0 unspecified atom stereocenters. The summed E-state index contributed by atoms with van der Waals surface area (Å²) in [6, 6.07) is 4.87. The molecule has 5 atom stereocenters. The van der Waals surface area contributed by atoms with E-state index in [1.807, 2.05) is 29.2 Å². The highest BCUT2D eigenvalue weighted by molar-refractivity contribution is 5.98. The molecule has 0 bridgehead atoms. The van der Waals surface area contributed by atoms with Crippen LogP contribution >= 0.6 is 0 Å². The number of hydrogen-bond acceptors (Lipinski definition) is 9. The lowest BCUT2D eigenvalue weighted by atomic mass is 9.94. The maximum atomic E-state index is 13.7. The lowest BCUT2D eigenvalue weighted by molar-refractivity contribution is -0.134. The Balaban J connectivity index is 1.41. The fraction of sp³-hybridized carbons (Fsp3) is 0.667. The molecule has 12 nitrogen and oxygen atoms in total. The largest absolute Gasteiger partial charge is 0.497 e. The Hall–Kier alpha value is -3.06. The van der Waals surface area contributed by atoms with Gasteiger partial charge in [-0.15, -0.1) is 0 Å². The summed E-state index contributed by atoms with van der Waals surface area (Å²) >= 11 is 0. The van der Waals surface area contributed by atoms with Crippen LogP contribution in [0.15, 0.2) is 24.3 Å². The molecule has 232 valence electrons. The summed E-state index contributed by atoms with van der Waals surface area (Å²) in [5.41, 5.74) is 0.0399. The number of Topliss-reactive ketones (excluding diaryl/α,β-unsaturated/α-hetero) is 1. The average Bonchev–Trinajstić information content (AvgIpc) is 3.53. The van der Waals surface area contributed by atoms with Gasteiger partial charge in [-0.25, -0.2) is 0 Å². The lowest BCUT2D eigenvalue weighted by Gasteiger charge is -2.27. The van der Waals surface area contributed by atoms with E-state index in [-0.39, 0.29) is 30.8 Å². The first-order chi connectivity index (χ1) is 20.2. The molecule has 3 saturated heterocycles. The third-order valence-electron chi connectivity index (χ3n) is 8.01. The van der Waals surface area contributed by atoms with Gasteiger partial charge in [-0.3, -0.25) is 24.1 Å². The molecular formula is C30H44N4O8. The van der Waals surface area contributed by atoms with Gasteiger partial charge in [0.25, 0.3) is 0 Å². The smallest absolute Gasteiger partial charge is 0.243 e. The summed E-state index contributed by atoms with van der Waals surface area (Å²) in [6.45, 7) is 6.83. The summed E-state index contributed by atoms with van der Waals surface area (Å²) in [4.78, 5) is 54.6. The number of carbonyl (C=O) groups excluding carboxylic acids is 4. The number of nitrogens with one attached hydrogen (secondary N) is 3. The maximum Gasteiger partial charge on any atom is 0.243 e. The zero-order valence-corrected chi connectivity index (χ0v) is 24.8. The fourth-order valence-electron chi connectivity index (χ4n) is 5.20. The third kappa shape index (κ3) is 9.22. The molecule has 3 heterocycles. The van der Waals surface area contributed by atoms with Crippen LogP contribution in [0.2, 0.25) is 0 Å². The van der Waals surface area contributed by atoms with E-state index in [1.54, 1.807) is 21.0 Å². The number of hydrogen-bond donors (Lipinski definition) is 3. The van der Waals surface area contributed by atoms with E-state index in [0.717, 1.165) is 18.4 Å². The summed E-state index contributed by atoms with van der Waals surface area (Å²) < 4.78 is 21.7. The van der Waals surface area contributed by atoms with Gasteiger partial charge in [0.05, 0.1) is 45.6 Å². The van der Waals surface area contributed by atoms with Crippen LogP contribution < -0.4 is 20.7 Å². The van der Waals surface area contributed by atoms with E-state index in [1.165, 1.54) is 0 Å². The zero-order chi connectivity index (χ0) is 30.1. The van der Waals surface area contributed by atoms with Crippen LogP contribution in [0.3, 0.4) is 0 Å². The molecule has 3 fully saturated rings. The van der Waals surface area contributed by atoms with Crippen LogP contribution in [0.25, 0.3) is 0 Å². The van der Waals surface area contributed by atoms with Crippen LogP contribution in [0.4, 0.5) is 0 Å². The van der Waals surface area contributed by atoms with Gasteiger partial charge in [0.1, 0.15) is 23.4 Å². The maximum absolute atomic E-state index is 13.7. The van der Waals surface area contributed by atoms with Crippen molar-refractivity contribution in [2.75, 3.05) is 53.2 Å². The Labute approximate surface area is 247 Å². The topological polar surface area (TPSA) is 148 Å². The predicted octanol–water partition coefficient (Wildman–Crippen LogP) is 0.361. The minimum absolute atomic E-state index is 0.129. The minimum Gasteiger partial charge on any atom is -0.497 e. The number of benzene rings is 1. The van der Waals surface area contributed by atoms with Crippen molar-refractivity contribution in [1.29, 1.82) is 0 Å². The van der Waals surface area contributed by atoms with E-state index >= 15 is 0 Å². The molecule has 12 heteroatoms. The molecule has 1 aromatic rings. The van der Waals surface area contributed by atoms with E-state index in [2.05, 4.69) is 16.0 Å². The van der Waals surface area contributed by atoms with Crippen molar-refractivity contribution in [2.24, 2.45) is 0 Å². The van der Waals surface area contributed by atoms with Crippen molar-refractivity contribution in [3.8, 4) is 5.75 Å². The van der Waals surface area contributed by atoms with Crippen molar-refractivity contribution in [1.82, 2.24) is 20.9 Å². The number of amides is 3. The highest BCUT2D eigenvalue weighted by Gasteiger charge is 2.50. The number of ketones is 1. The third-order valence-corrected chi connectivity index (χ3v) is 8.01. The SMILES string of the molecule is COc1ccc(CC[C@H](NC(=O)[C@H](C)NC(=O)CN2CCOCC2)C(=O)N[C@@H](C[C@H]2CCCO2)C(=O)[C@@]2(C)CO2)cc1. The summed E-state index contributed by atoms with van der Waals surface area (Å²) in [5, 5.41) is 8.43. The molecule has 0 saturated carbocycles. The highest BCUT2D eigenvalue weighted by atomic mass is 16.6. The molecule has 3 aliphatic heterocycles. The Kier molecular flexibility index (Phi) is 11.3. The van der Waals surface area contributed by atoms with E-state index < -0.39 is 35.5 Å². The van der Waals surface area contributed by atoms with Crippen LogP contribution in [-0.4, -0.2) is 111 Å². The molecule has 4 rings (SSSR count). The number of aryl methyl sites for hydroxylation is 1. The van der Waals surface area contributed by atoms with E-state index in [0.29, 0.717) is 58.1 Å². The van der Waals surface area contributed by atoms with Crippen molar-refractivity contribution in [2.45, 2.75) is 75.8 Å². The van der Waals surface area contributed by atoms with Gasteiger partial charge in [0.2, 0.25) is 17.7 Å². The van der Waals surface area contributed by atoms with Crippen molar-refractivity contribution >= 4 is 23.5 Å². The number of rotatable bonds is 15. The van der Waals surface area contributed by atoms with Crippen molar-refractivity contribution < 1.29 is 38.1 Å². The number of morpholine rings is 1. The minimum atomic E-state index is -0.939. The van der Waals surface area contributed by atoms with Gasteiger partial charge in [-0.2, -0.15) is 0 Å². The molecule has 0 aromatic heterocycles. The van der Waals surface area contributed by atoms with Gasteiger partial charge < -0.3 is 34.9 Å². The summed E-state index contributed by atoms with van der Waals surface area (Å²) in [6.07, 6.45) is 2.71. The van der Waals surface area contributed by atoms with Crippen molar-refractivity contribution in [3.05, 3.63) is 29.8 Å². The molecular weight excluding hydrogens is 544 g/mol. The van der Waals surface area contributed by atoms with Crippen LogP contribution in [-0.2, 0) is 39.8 Å². The summed E-state index contributed by atoms with van der Waals surface area (Å²) in [5.74, 6) is -0.715. The number of carbonyl (C=O) groups is 4. The first-order valence-electron chi connectivity index (χ1n) is 14.8. The highest BCUT2D eigenvalue weighted by Crippen LogP contribution is 2.30. The van der Waals surface area contributed by atoms with Crippen LogP contribution in [0, 0.1) is 0 Å². The fourth-order valence-corrected chi connectivity index (χ4v) is 5.20. The van der Waals surface area contributed by atoms with Crippen molar-refractivity contribution in [3.63, 3.8) is 0 Å². The lowest BCUT2D eigenvalue weighted by Crippen LogP contribution is -2.57. The Morgan fingerprint density at radius 1 is 1.02 bits per heavy atom. The first kappa shape index (κ1) is 31.9. The van der Waals surface area contributed by atoms with Gasteiger partial charge in [0, 0.05) is 26.1 Å². The van der Waals surface area contributed by atoms with Gasteiger partial charge in [-0.05, 0) is 57.2 Å². The van der Waals surface area contributed by atoms with Gasteiger partial charge in [-0.1, -0.05) is 12.1 Å². The molecule has 1 aromatic carbocycles. The Morgan fingerprint density at radius 2 is 1.71 bits per heavy atom. The average molecular weight is 589 g/mol. The monoisotopic (exact) mass is 588 g/mol. The molecule has 0 radical (unpaired) electrons. The number of ether oxygens (including phenoxy) is 4. The van der Waals surface area contributed by atoms with E-state index in [4.69, 9.17) is 18.9 Å². The normalized spacial score (nSPS) is 24.2. The van der Waals surface area contributed by atoms with E-state index in [9.17, 15) is 19.2 Å². The molecule has 3 aliphatic rings. The number of epoxide rings is 1. The molecule has 42 heavy (non-hydrogen) atoms. The number of methoxy groups -OCH3 is 1. The van der Waals surface area contributed by atoms with Crippen LogP contribution in [0.5, 0.6) is 5.75 Å². The predicted molar refractivity (Wildman–Crippen MR) is 153 cm³/mol. The molecule has 0 spiro atoms. The molecule has 0 aliphatic carbocycles. The quantitative estimate of drug-likeness (QED) is 0.247. The molecule has 3 N–H and O–H groups in total. The van der Waals surface area contributed by atoms with Gasteiger partial charge >= 0.3 is 0 Å². The Morgan fingerprint density at radius 3 is 2.33 bits per heavy atom. The van der Waals surface area contributed by atoms with Gasteiger partial charge in [0.15, 0.2) is 5.78 Å².